The molecule has 0 aliphatic carbocycles. The lowest BCUT2D eigenvalue weighted by atomic mass is 9.96. The number of carbonyl (C=O) groups excluding carboxylic acids is 1. The van der Waals surface area contributed by atoms with E-state index >= 15 is 0 Å². The number of carbonyl (C=O) groups is 1. The van der Waals surface area contributed by atoms with Crippen molar-refractivity contribution >= 4 is 5.97 Å². The average molecular weight is 203 g/mol. The van der Waals surface area contributed by atoms with Crippen LogP contribution in [0.15, 0.2) is 0 Å². The molecule has 0 fully saturated rings. The molecule has 0 heterocycles. The minimum absolute atomic E-state index is 0.213. The molecule has 14 heavy (non-hydrogen) atoms. The first-order chi connectivity index (χ1) is 6.60. The Morgan fingerprint density at radius 3 is 2.50 bits per heavy atom. The molecule has 0 aliphatic rings. The molecule has 84 valence electrons. The van der Waals surface area contributed by atoms with Gasteiger partial charge in [-0.15, -0.1) is 0 Å². The average Bonchev–Trinajstić information content (AvgIpc) is 2.17. The normalized spacial score (nSPS) is 14.9. The first kappa shape index (κ1) is 13.4. The van der Waals surface area contributed by atoms with E-state index < -0.39 is 5.54 Å². The van der Waals surface area contributed by atoms with Crippen LogP contribution in [-0.4, -0.2) is 38.9 Å². The van der Waals surface area contributed by atoms with Crippen LogP contribution in [0.1, 0.15) is 26.7 Å². The third kappa shape index (κ3) is 4.07. The minimum atomic E-state index is -0.581. The highest BCUT2D eigenvalue weighted by molar-refractivity contribution is 5.80. The molecule has 0 saturated heterocycles. The molecular formula is C10H21NO3. The molecule has 0 aromatic rings. The molecule has 0 aromatic heterocycles. The predicted octanol–water partition coefficient (Wildman–Crippen LogP) is 0.954. The van der Waals surface area contributed by atoms with Crippen molar-refractivity contribution in [2.45, 2.75) is 32.2 Å². The number of hydrogen-bond donors (Lipinski definition) is 1. The monoisotopic (exact) mass is 203 g/mol. The summed E-state index contributed by atoms with van der Waals surface area (Å²) >= 11 is 0. The van der Waals surface area contributed by atoms with Crippen molar-refractivity contribution in [3.05, 3.63) is 0 Å². The summed E-state index contributed by atoms with van der Waals surface area (Å²) in [6.45, 7) is 5.15. The highest BCUT2D eigenvalue weighted by atomic mass is 16.5. The van der Waals surface area contributed by atoms with E-state index in [9.17, 15) is 4.79 Å². The van der Waals surface area contributed by atoms with Gasteiger partial charge in [-0.2, -0.15) is 0 Å². The third-order valence-electron chi connectivity index (χ3n) is 2.21. The molecule has 0 aliphatic heterocycles. The van der Waals surface area contributed by atoms with Gasteiger partial charge in [0.2, 0.25) is 0 Å². The number of methoxy groups -OCH3 is 2. The zero-order valence-corrected chi connectivity index (χ0v) is 9.55. The van der Waals surface area contributed by atoms with Gasteiger partial charge in [0.05, 0.1) is 13.7 Å². The van der Waals surface area contributed by atoms with E-state index in [-0.39, 0.29) is 5.97 Å². The first-order valence-electron chi connectivity index (χ1n) is 4.93. The molecule has 0 rings (SSSR count). The molecular weight excluding hydrogens is 182 g/mol. The molecule has 0 bridgehead atoms. The van der Waals surface area contributed by atoms with E-state index in [1.807, 2.05) is 13.8 Å². The number of esters is 1. The van der Waals surface area contributed by atoms with Gasteiger partial charge in [0.15, 0.2) is 0 Å². The van der Waals surface area contributed by atoms with Crippen LogP contribution >= 0.6 is 0 Å². The van der Waals surface area contributed by atoms with Gasteiger partial charge in [-0.1, -0.05) is 13.3 Å². The van der Waals surface area contributed by atoms with Crippen molar-refractivity contribution in [2.75, 3.05) is 27.4 Å². The van der Waals surface area contributed by atoms with Crippen LogP contribution in [0.25, 0.3) is 0 Å². The van der Waals surface area contributed by atoms with Gasteiger partial charge >= 0.3 is 5.97 Å². The number of hydrogen-bond acceptors (Lipinski definition) is 4. The van der Waals surface area contributed by atoms with Crippen LogP contribution in [0.5, 0.6) is 0 Å². The van der Waals surface area contributed by atoms with Gasteiger partial charge in [0.25, 0.3) is 0 Å². The SMILES string of the molecule is CCCC(C)(NCCOC)C(=O)OC. The minimum Gasteiger partial charge on any atom is -0.468 e. The molecule has 1 unspecified atom stereocenters. The van der Waals surface area contributed by atoms with E-state index in [2.05, 4.69) is 5.32 Å². The molecule has 1 N–H and O–H groups in total. The smallest absolute Gasteiger partial charge is 0.325 e. The van der Waals surface area contributed by atoms with E-state index in [1.54, 1.807) is 7.11 Å². The summed E-state index contributed by atoms with van der Waals surface area (Å²) in [6, 6.07) is 0. The number of nitrogens with one attached hydrogen (secondary N) is 1. The van der Waals surface area contributed by atoms with Gasteiger partial charge in [-0.05, 0) is 13.3 Å². The second-order valence-electron chi connectivity index (χ2n) is 3.49. The van der Waals surface area contributed by atoms with Gasteiger partial charge in [-0.25, -0.2) is 0 Å². The van der Waals surface area contributed by atoms with Crippen molar-refractivity contribution in [3.63, 3.8) is 0 Å². The molecule has 4 nitrogen and oxygen atoms in total. The Bertz CT molecular complexity index is 173. The number of rotatable bonds is 7. The van der Waals surface area contributed by atoms with Gasteiger partial charge in [0.1, 0.15) is 5.54 Å². The zero-order chi connectivity index (χ0) is 11.0. The Labute approximate surface area is 86.0 Å². The summed E-state index contributed by atoms with van der Waals surface area (Å²) in [4.78, 5) is 11.5. The molecule has 0 saturated carbocycles. The quantitative estimate of drug-likeness (QED) is 0.494. The van der Waals surface area contributed by atoms with Crippen molar-refractivity contribution in [2.24, 2.45) is 0 Å². The lowest BCUT2D eigenvalue weighted by molar-refractivity contribution is -0.148. The lowest BCUT2D eigenvalue weighted by Gasteiger charge is -2.27. The summed E-state index contributed by atoms with van der Waals surface area (Å²) in [5, 5.41) is 3.15. The highest BCUT2D eigenvalue weighted by Gasteiger charge is 2.32. The fourth-order valence-electron chi connectivity index (χ4n) is 1.42. The second kappa shape index (κ2) is 6.79. The lowest BCUT2D eigenvalue weighted by Crippen LogP contribution is -2.51. The number of ether oxygens (including phenoxy) is 2. The predicted molar refractivity (Wildman–Crippen MR) is 55.2 cm³/mol. The highest BCUT2D eigenvalue weighted by Crippen LogP contribution is 2.13. The largest absolute Gasteiger partial charge is 0.468 e. The van der Waals surface area contributed by atoms with E-state index in [0.717, 1.165) is 12.8 Å². The van der Waals surface area contributed by atoms with Crippen LogP contribution in [0.2, 0.25) is 0 Å². The Morgan fingerprint density at radius 1 is 1.43 bits per heavy atom. The summed E-state index contributed by atoms with van der Waals surface area (Å²) in [6.07, 6.45) is 1.70. The fraction of sp³-hybridized carbons (Fsp3) is 0.900. The van der Waals surface area contributed by atoms with E-state index in [0.29, 0.717) is 13.2 Å². The third-order valence-corrected chi connectivity index (χ3v) is 2.21. The zero-order valence-electron chi connectivity index (χ0n) is 9.55. The summed E-state index contributed by atoms with van der Waals surface area (Å²) in [7, 11) is 3.05. The van der Waals surface area contributed by atoms with Crippen LogP contribution < -0.4 is 5.32 Å². The summed E-state index contributed by atoms with van der Waals surface area (Å²) in [5.74, 6) is -0.213. The Kier molecular flexibility index (Phi) is 6.49. The van der Waals surface area contributed by atoms with Gasteiger partial charge < -0.3 is 9.47 Å². The van der Waals surface area contributed by atoms with E-state index in [1.165, 1.54) is 7.11 Å². The molecule has 0 aromatic carbocycles. The maximum atomic E-state index is 11.5. The van der Waals surface area contributed by atoms with Crippen LogP contribution in [0.3, 0.4) is 0 Å². The first-order valence-corrected chi connectivity index (χ1v) is 4.93. The van der Waals surface area contributed by atoms with Crippen molar-refractivity contribution < 1.29 is 14.3 Å². The fourth-order valence-corrected chi connectivity index (χ4v) is 1.42. The molecule has 0 spiro atoms. The van der Waals surface area contributed by atoms with Gasteiger partial charge in [0, 0.05) is 13.7 Å². The summed E-state index contributed by atoms with van der Waals surface area (Å²) in [5.41, 5.74) is -0.581. The Morgan fingerprint density at radius 2 is 2.07 bits per heavy atom. The van der Waals surface area contributed by atoms with Crippen LogP contribution in [0.4, 0.5) is 0 Å². The summed E-state index contributed by atoms with van der Waals surface area (Å²) < 4.78 is 9.67. The van der Waals surface area contributed by atoms with Crippen LogP contribution in [0, 0.1) is 0 Å². The maximum absolute atomic E-state index is 11.5. The van der Waals surface area contributed by atoms with Crippen molar-refractivity contribution in [1.29, 1.82) is 0 Å². The molecule has 0 radical (unpaired) electrons. The van der Waals surface area contributed by atoms with Gasteiger partial charge in [-0.3, -0.25) is 10.1 Å². The maximum Gasteiger partial charge on any atom is 0.325 e. The van der Waals surface area contributed by atoms with Crippen molar-refractivity contribution in [3.8, 4) is 0 Å². The standard InChI is InChI=1S/C10H21NO3/c1-5-6-10(2,9(12)14-4)11-7-8-13-3/h11H,5-8H2,1-4H3. The topological polar surface area (TPSA) is 47.6 Å². The van der Waals surface area contributed by atoms with E-state index in [4.69, 9.17) is 9.47 Å². The Balaban J connectivity index is 4.16. The van der Waals surface area contributed by atoms with Crippen LogP contribution in [-0.2, 0) is 14.3 Å². The van der Waals surface area contributed by atoms with Crippen molar-refractivity contribution in [1.82, 2.24) is 5.32 Å². The Hall–Kier alpha value is -0.610. The molecule has 1 atom stereocenters. The molecule has 0 amide bonds. The second-order valence-corrected chi connectivity index (χ2v) is 3.49. The molecule has 4 heteroatoms.